The number of nitrogens with zero attached hydrogens (tertiary/aromatic N) is 2. The average Bonchev–Trinajstić information content (AvgIpc) is 3.08. The van der Waals surface area contributed by atoms with E-state index in [-0.39, 0.29) is 17.1 Å². The Kier molecular flexibility index (Phi) is 4.28. The second-order valence-electron chi connectivity index (χ2n) is 6.55. The van der Waals surface area contributed by atoms with Crippen LogP contribution in [0, 0.1) is 5.92 Å². The molecule has 0 spiro atoms. The smallest absolute Gasteiger partial charge is 0.187 e. The van der Waals surface area contributed by atoms with Gasteiger partial charge in [-0.05, 0) is 60.5 Å². The summed E-state index contributed by atoms with van der Waals surface area (Å²) in [6.07, 6.45) is 2.01. The molecule has 26 heavy (non-hydrogen) atoms. The van der Waals surface area contributed by atoms with Crippen LogP contribution in [0.3, 0.4) is 0 Å². The van der Waals surface area contributed by atoms with Gasteiger partial charge in [-0.3, -0.25) is 0 Å². The maximum atomic E-state index is 6.01. The van der Waals surface area contributed by atoms with Crippen LogP contribution in [-0.2, 0) is 6.42 Å². The van der Waals surface area contributed by atoms with Gasteiger partial charge in [-0.25, -0.2) is 5.01 Å². The first-order valence-corrected chi connectivity index (χ1v) is 9.01. The summed E-state index contributed by atoms with van der Waals surface area (Å²) in [5.41, 5.74) is 10.6. The number of hydrazone groups is 1. The molecule has 0 fully saturated rings. The molecule has 0 radical (unpaired) electrons. The maximum absolute atomic E-state index is 6.01. The van der Waals surface area contributed by atoms with Gasteiger partial charge in [-0.15, -0.1) is 0 Å². The van der Waals surface area contributed by atoms with Gasteiger partial charge in [0, 0.05) is 11.5 Å². The average molecular weight is 367 g/mol. The molecule has 0 aromatic heterocycles. The van der Waals surface area contributed by atoms with Crippen LogP contribution in [0.25, 0.3) is 0 Å². The van der Waals surface area contributed by atoms with E-state index in [0.717, 1.165) is 41.2 Å². The summed E-state index contributed by atoms with van der Waals surface area (Å²) in [6, 6.07) is 14.2. The fourth-order valence-electron chi connectivity index (χ4n) is 3.93. The highest BCUT2D eigenvalue weighted by Gasteiger charge is 2.42. The Morgan fingerprint density at radius 2 is 1.81 bits per heavy atom. The molecule has 2 aliphatic rings. The van der Waals surface area contributed by atoms with Gasteiger partial charge in [-0.2, -0.15) is 5.10 Å². The van der Waals surface area contributed by atoms with E-state index < -0.39 is 0 Å². The molecule has 6 heteroatoms. The van der Waals surface area contributed by atoms with Crippen LogP contribution in [0.2, 0.25) is 0 Å². The maximum Gasteiger partial charge on any atom is 0.187 e. The zero-order valence-corrected chi connectivity index (χ0v) is 15.6. The van der Waals surface area contributed by atoms with Gasteiger partial charge in [0.2, 0.25) is 0 Å². The van der Waals surface area contributed by atoms with Crippen molar-refractivity contribution in [1.29, 1.82) is 0 Å². The van der Waals surface area contributed by atoms with Crippen molar-refractivity contribution in [2.45, 2.75) is 18.9 Å². The third-order valence-electron chi connectivity index (χ3n) is 5.21. The molecule has 0 amide bonds. The Morgan fingerprint density at radius 1 is 1.12 bits per heavy atom. The molecule has 0 saturated heterocycles. The van der Waals surface area contributed by atoms with E-state index in [0.29, 0.717) is 0 Å². The Labute approximate surface area is 158 Å². The largest absolute Gasteiger partial charge is 0.497 e. The first-order chi connectivity index (χ1) is 12.6. The molecular formula is C20H21N3O2S. The number of thiocarbonyl (C=S) groups is 1. The van der Waals surface area contributed by atoms with Gasteiger partial charge in [0.1, 0.15) is 11.5 Å². The topological polar surface area (TPSA) is 60.1 Å². The Balaban J connectivity index is 1.77. The molecule has 0 unspecified atom stereocenters. The third-order valence-corrected chi connectivity index (χ3v) is 5.40. The number of ether oxygens (including phenoxy) is 2. The molecule has 0 bridgehead atoms. The molecule has 1 aliphatic carbocycles. The quantitative estimate of drug-likeness (QED) is 0.844. The number of hydrogen-bond donors (Lipinski definition) is 1. The second-order valence-corrected chi connectivity index (χ2v) is 6.97. The molecule has 0 saturated carbocycles. The predicted octanol–water partition coefficient (Wildman–Crippen LogP) is 3.27. The summed E-state index contributed by atoms with van der Waals surface area (Å²) in [5.74, 6) is 1.90. The van der Waals surface area contributed by atoms with Crippen LogP contribution in [0.1, 0.15) is 29.2 Å². The van der Waals surface area contributed by atoms with Gasteiger partial charge in [0.25, 0.3) is 0 Å². The number of rotatable bonds is 3. The first-order valence-electron chi connectivity index (χ1n) is 8.60. The van der Waals surface area contributed by atoms with Gasteiger partial charge in [0.05, 0.1) is 26.0 Å². The van der Waals surface area contributed by atoms with Crippen molar-refractivity contribution in [1.82, 2.24) is 5.01 Å². The normalized spacial score (nSPS) is 20.8. The Morgan fingerprint density at radius 3 is 2.46 bits per heavy atom. The Hall–Kier alpha value is -2.60. The summed E-state index contributed by atoms with van der Waals surface area (Å²) in [7, 11) is 3.35. The lowest BCUT2D eigenvalue weighted by Gasteiger charge is -2.30. The van der Waals surface area contributed by atoms with Gasteiger partial charge < -0.3 is 15.2 Å². The highest BCUT2D eigenvalue weighted by molar-refractivity contribution is 7.80. The number of nitrogens with two attached hydrogens (primary N) is 1. The number of fused-ring (bicyclic) bond motifs is 3. The minimum absolute atomic E-state index is 0.00718. The minimum Gasteiger partial charge on any atom is -0.497 e. The predicted molar refractivity (Wildman–Crippen MR) is 106 cm³/mol. The van der Waals surface area contributed by atoms with Crippen molar-refractivity contribution in [2.24, 2.45) is 16.8 Å². The molecule has 134 valence electrons. The molecule has 2 N–H and O–H groups in total. The lowest BCUT2D eigenvalue weighted by Crippen LogP contribution is -2.35. The summed E-state index contributed by atoms with van der Waals surface area (Å²) < 4.78 is 10.7. The van der Waals surface area contributed by atoms with Crippen LogP contribution in [0.4, 0.5) is 0 Å². The number of methoxy groups -OCH3 is 2. The SMILES string of the molecule is COc1ccc([C@H]2[C@H]3CCc4ccc(OC)cc4C3=NN2C(N)=S)cc1. The van der Waals surface area contributed by atoms with E-state index in [9.17, 15) is 0 Å². The van der Waals surface area contributed by atoms with Gasteiger partial charge >= 0.3 is 0 Å². The van der Waals surface area contributed by atoms with Gasteiger partial charge in [0.15, 0.2) is 5.11 Å². The second kappa shape index (κ2) is 6.61. The van der Waals surface area contributed by atoms with Crippen molar-refractivity contribution in [3.05, 3.63) is 59.2 Å². The van der Waals surface area contributed by atoms with E-state index in [1.807, 2.05) is 18.2 Å². The summed E-state index contributed by atoms with van der Waals surface area (Å²) >= 11 is 5.30. The molecule has 4 rings (SSSR count). The molecule has 2 atom stereocenters. The summed E-state index contributed by atoms with van der Waals surface area (Å²) in [6.45, 7) is 0. The molecule has 1 heterocycles. The minimum atomic E-state index is 0.00718. The number of hydrogen-bond acceptors (Lipinski definition) is 4. The fourth-order valence-corrected chi connectivity index (χ4v) is 4.09. The van der Waals surface area contributed by atoms with E-state index >= 15 is 0 Å². The van der Waals surface area contributed by atoms with Crippen molar-refractivity contribution < 1.29 is 9.47 Å². The molecular weight excluding hydrogens is 346 g/mol. The lowest BCUT2D eigenvalue weighted by atomic mass is 9.77. The number of benzene rings is 2. The van der Waals surface area contributed by atoms with E-state index in [1.165, 1.54) is 5.56 Å². The van der Waals surface area contributed by atoms with Crippen LogP contribution >= 0.6 is 12.2 Å². The third kappa shape index (κ3) is 2.70. The van der Waals surface area contributed by atoms with Crippen molar-refractivity contribution >= 4 is 23.0 Å². The monoisotopic (exact) mass is 367 g/mol. The van der Waals surface area contributed by atoms with Crippen molar-refractivity contribution in [3.8, 4) is 11.5 Å². The number of aryl methyl sites for hydroxylation is 1. The highest BCUT2D eigenvalue weighted by atomic mass is 32.1. The van der Waals surface area contributed by atoms with Crippen LogP contribution < -0.4 is 15.2 Å². The molecule has 1 aliphatic heterocycles. The van der Waals surface area contributed by atoms with Crippen molar-refractivity contribution in [2.75, 3.05) is 14.2 Å². The zero-order valence-electron chi connectivity index (χ0n) is 14.8. The molecule has 5 nitrogen and oxygen atoms in total. The van der Waals surface area contributed by atoms with Crippen LogP contribution in [0.5, 0.6) is 11.5 Å². The van der Waals surface area contributed by atoms with Crippen molar-refractivity contribution in [3.63, 3.8) is 0 Å². The standard InChI is InChI=1S/C20H21N3O2S/c1-24-14-7-4-13(5-8-14)19-16-10-6-12-3-9-15(25-2)11-17(12)18(16)22-23(19)20(21)26/h3-5,7-9,11,16,19H,6,10H2,1-2H3,(H2,21,26)/t16-,19-/m0/s1. The first kappa shape index (κ1) is 16.8. The molecule has 2 aromatic carbocycles. The van der Waals surface area contributed by atoms with Crippen LogP contribution in [-0.4, -0.2) is 30.1 Å². The van der Waals surface area contributed by atoms with E-state index in [2.05, 4.69) is 24.3 Å². The van der Waals surface area contributed by atoms with Gasteiger partial charge in [-0.1, -0.05) is 18.2 Å². The van der Waals surface area contributed by atoms with E-state index in [4.69, 9.17) is 32.5 Å². The van der Waals surface area contributed by atoms with Crippen LogP contribution in [0.15, 0.2) is 47.6 Å². The molecule has 2 aromatic rings. The lowest BCUT2D eigenvalue weighted by molar-refractivity contribution is 0.309. The Bertz CT molecular complexity index is 879. The highest BCUT2D eigenvalue weighted by Crippen LogP contribution is 2.44. The fraction of sp³-hybridized carbons (Fsp3) is 0.300. The summed E-state index contributed by atoms with van der Waals surface area (Å²) in [4.78, 5) is 0. The van der Waals surface area contributed by atoms with E-state index in [1.54, 1.807) is 19.2 Å². The summed E-state index contributed by atoms with van der Waals surface area (Å²) in [5, 5.41) is 6.90. The zero-order chi connectivity index (χ0) is 18.3.